The third-order valence-corrected chi connectivity index (χ3v) is 2.91. The van der Waals surface area contributed by atoms with Crippen molar-refractivity contribution in [2.75, 3.05) is 18.7 Å². The molecule has 1 N–H and O–H groups in total. The lowest BCUT2D eigenvalue weighted by molar-refractivity contribution is -0.118. The molecule has 0 saturated heterocycles. The Kier molecular flexibility index (Phi) is 3.59. The zero-order valence-electron chi connectivity index (χ0n) is 11.5. The van der Waals surface area contributed by atoms with E-state index in [0.717, 1.165) is 5.69 Å². The van der Waals surface area contributed by atoms with Gasteiger partial charge in [-0.3, -0.25) is 9.78 Å². The molecule has 21 heavy (non-hydrogen) atoms. The quantitative estimate of drug-likeness (QED) is 0.932. The van der Waals surface area contributed by atoms with E-state index < -0.39 is 0 Å². The third kappa shape index (κ3) is 3.22. The predicted octanol–water partition coefficient (Wildman–Crippen LogP) is 2.14. The Morgan fingerprint density at radius 2 is 2.14 bits per heavy atom. The smallest absolute Gasteiger partial charge is 0.262 e. The summed E-state index contributed by atoms with van der Waals surface area (Å²) in [5.41, 5.74) is 1.53. The molecule has 3 rings (SSSR count). The molecule has 1 aromatic carbocycles. The largest absolute Gasteiger partial charge is 0.482 e. The summed E-state index contributed by atoms with van der Waals surface area (Å²) < 4.78 is 15.8. The van der Waals surface area contributed by atoms with Crippen molar-refractivity contribution >= 4 is 11.6 Å². The Labute approximate surface area is 121 Å². The van der Waals surface area contributed by atoms with Gasteiger partial charge in [0.05, 0.1) is 6.20 Å². The molecule has 1 aliphatic heterocycles. The summed E-state index contributed by atoms with van der Waals surface area (Å²) in [5.74, 6) is 1.60. The van der Waals surface area contributed by atoms with Gasteiger partial charge in [0.25, 0.3) is 5.91 Å². The Morgan fingerprint density at radius 1 is 1.29 bits per heavy atom. The number of anilines is 1. The zero-order valence-corrected chi connectivity index (χ0v) is 11.5. The fourth-order valence-corrected chi connectivity index (χ4v) is 1.86. The van der Waals surface area contributed by atoms with Crippen LogP contribution in [0, 0.1) is 6.92 Å². The van der Waals surface area contributed by atoms with Gasteiger partial charge in [-0.2, -0.15) is 0 Å². The zero-order chi connectivity index (χ0) is 14.7. The minimum absolute atomic E-state index is 0.0841. The van der Waals surface area contributed by atoms with Crippen molar-refractivity contribution < 1.29 is 19.0 Å². The van der Waals surface area contributed by atoms with Crippen LogP contribution < -0.4 is 19.5 Å². The number of hydrogen-bond acceptors (Lipinski definition) is 5. The second-order valence-electron chi connectivity index (χ2n) is 4.54. The molecular formula is C15H14N2O4. The van der Waals surface area contributed by atoms with Crippen LogP contribution in [0.15, 0.2) is 36.5 Å². The number of carbonyl (C=O) groups excluding carboxylic acids is 1. The molecule has 6 heteroatoms. The van der Waals surface area contributed by atoms with E-state index in [2.05, 4.69) is 10.3 Å². The molecule has 0 saturated carbocycles. The number of fused-ring (bicyclic) bond motifs is 1. The van der Waals surface area contributed by atoms with Crippen LogP contribution in [0.4, 0.5) is 5.69 Å². The highest BCUT2D eigenvalue weighted by Crippen LogP contribution is 2.34. The number of rotatable bonds is 4. The maximum absolute atomic E-state index is 11.8. The fourth-order valence-electron chi connectivity index (χ4n) is 1.86. The van der Waals surface area contributed by atoms with Crippen LogP contribution in [-0.4, -0.2) is 24.3 Å². The lowest BCUT2D eigenvalue weighted by Crippen LogP contribution is -2.20. The number of ether oxygens (including phenoxy) is 3. The number of pyridine rings is 1. The second-order valence-corrected chi connectivity index (χ2v) is 4.54. The highest BCUT2D eigenvalue weighted by atomic mass is 16.7. The fraction of sp³-hybridized carbons (Fsp3) is 0.200. The van der Waals surface area contributed by atoms with Crippen LogP contribution >= 0.6 is 0 Å². The Balaban J connectivity index is 1.55. The van der Waals surface area contributed by atoms with Gasteiger partial charge >= 0.3 is 0 Å². The molecule has 1 amide bonds. The number of hydrogen-bond donors (Lipinski definition) is 1. The highest BCUT2D eigenvalue weighted by molar-refractivity contribution is 5.92. The molecule has 0 fully saturated rings. The molecule has 1 aromatic heterocycles. The van der Waals surface area contributed by atoms with E-state index in [1.807, 2.05) is 13.0 Å². The predicted molar refractivity (Wildman–Crippen MR) is 75.7 cm³/mol. The van der Waals surface area contributed by atoms with Crippen LogP contribution in [0.3, 0.4) is 0 Å². The molecule has 2 heterocycles. The molecule has 0 atom stereocenters. The van der Waals surface area contributed by atoms with E-state index in [9.17, 15) is 4.79 Å². The van der Waals surface area contributed by atoms with Gasteiger partial charge in [-0.05, 0) is 31.2 Å². The summed E-state index contributed by atoms with van der Waals surface area (Å²) >= 11 is 0. The Bertz CT molecular complexity index is 655. The van der Waals surface area contributed by atoms with E-state index in [4.69, 9.17) is 14.2 Å². The maximum atomic E-state index is 11.8. The average Bonchev–Trinajstić information content (AvgIpc) is 2.94. The lowest BCUT2D eigenvalue weighted by Gasteiger charge is -2.08. The first kappa shape index (κ1) is 13.2. The minimum atomic E-state index is -0.255. The number of aryl methyl sites for hydroxylation is 1. The number of carbonyl (C=O) groups is 1. The van der Waals surface area contributed by atoms with Gasteiger partial charge < -0.3 is 19.5 Å². The SMILES string of the molecule is Cc1ccc(OCC(=O)Nc2ccc3c(c2)OCO3)cn1. The number of nitrogens with zero attached hydrogens (tertiary/aromatic N) is 1. The van der Waals surface area contributed by atoms with Crippen molar-refractivity contribution in [2.45, 2.75) is 6.92 Å². The average molecular weight is 286 g/mol. The molecule has 0 spiro atoms. The second kappa shape index (κ2) is 5.70. The number of nitrogens with one attached hydrogen (secondary N) is 1. The summed E-state index contributed by atoms with van der Waals surface area (Å²) in [6.45, 7) is 2.01. The Morgan fingerprint density at radius 3 is 2.95 bits per heavy atom. The molecule has 2 aromatic rings. The van der Waals surface area contributed by atoms with Gasteiger partial charge in [-0.25, -0.2) is 0 Å². The maximum Gasteiger partial charge on any atom is 0.262 e. The van der Waals surface area contributed by atoms with Crippen molar-refractivity contribution in [3.05, 3.63) is 42.2 Å². The van der Waals surface area contributed by atoms with E-state index in [-0.39, 0.29) is 19.3 Å². The van der Waals surface area contributed by atoms with Crippen molar-refractivity contribution in [1.29, 1.82) is 0 Å². The van der Waals surface area contributed by atoms with Crippen LogP contribution in [0.5, 0.6) is 17.2 Å². The summed E-state index contributed by atoms with van der Waals surface area (Å²) in [7, 11) is 0. The van der Waals surface area contributed by atoms with Crippen molar-refractivity contribution in [2.24, 2.45) is 0 Å². The monoisotopic (exact) mass is 286 g/mol. The molecule has 0 unspecified atom stereocenters. The third-order valence-electron chi connectivity index (χ3n) is 2.91. The van der Waals surface area contributed by atoms with Crippen LogP contribution in [-0.2, 0) is 4.79 Å². The highest BCUT2D eigenvalue weighted by Gasteiger charge is 2.14. The first-order valence-corrected chi connectivity index (χ1v) is 6.46. The van der Waals surface area contributed by atoms with Crippen LogP contribution in [0.2, 0.25) is 0 Å². The van der Waals surface area contributed by atoms with Gasteiger partial charge in [0, 0.05) is 17.4 Å². The first-order valence-electron chi connectivity index (χ1n) is 6.46. The van der Waals surface area contributed by atoms with Gasteiger partial charge in [-0.15, -0.1) is 0 Å². The van der Waals surface area contributed by atoms with Gasteiger partial charge in [0.2, 0.25) is 6.79 Å². The van der Waals surface area contributed by atoms with Crippen molar-refractivity contribution in [1.82, 2.24) is 4.98 Å². The lowest BCUT2D eigenvalue weighted by atomic mass is 10.3. The van der Waals surface area contributed by atoms with E-state index in [1.165, 1.54) is 0 Å². The molecule has 0 aliphatic carbocycles. The standard InChI is InChI=1S/C15H14N2O4/c1-10-2-4-12(7-16-10)19-8-15(18)17-11-3-5-13-14(6-11)21-9-20-13/h2-7H,8-9H2,1H3,(H,17,18). The molecule has 6 nitrogen and oxygen atoms in total. The van der Waals surface area contributed by atoms with Gasteiger partial charge in [0.1, 0.15) is 5.75 Å². The number of amides is 1. The molecule has 0 radical (unpaired) electrons. The number of benzene rings is 1. The number of aromatic nitrogens is 1. The van der Waals surface area contributed by atoms with Crippen molar-refractivity contribution in [3.8, 4) is 17.2 Å². The summed E-state index contributed by atoms with van der Waals surface area (Å²) in [4.78, 5) is 15.9. The van der Waals surface area contributed by atoms with Crippen LogP contribution in [0.25, 0.3) is 0 Å². The topological polar surface area (TPSA) is 69.7 Å². The van der Waals surface area contributed by atoms with E-state index in [1.54, 1.807) is 30.5 Å². The molecular weight excluding hydrogens is 272 g/mol. The normalized spacial score (nSPS) is 12.0. The summed E-state index contributed by atoms with van der Waals surface area (Å²) in [5, 5.41) is 2.73. The van der Waals surface area contributed by atoms with Crippen LogP contribution in [0.1, 0.15) is 5.69 Å². The molecule has 1 aliphatic rings. The first-order chi connectivity index (χ1) is 10.2. The van der Waals surface area contributed by atoms with Gasteiger partial charge in [-0.1, -0.05) is 0 Å². The van der Waals surface area contributed by atoms with E-state index in [0.29, 0.717) is 22.9 Å². The van der Waals surface area contributed by atoms with Gasteiger partial charge in [0.15, 0.2) is 18.1 Å². The van der Waals surface area contributed by atoms with E-state index >= 15 is 0 Å². The molecule has 108 valence electrons. The summed E-state index contributed by atoms with van der Waals surface area (Å²) in [6, 6.07) is 8.82. The minimum Gasteiger partial charge on any atom is -0.482 e. The summed E-state index contributed by atoms with van der Waals surface area (Å²) in [6.07, 6.45) is 1.59. The molecule has 0 bridgehead atoms. The Hall–Kier alpha value is -2.76. The van der Waals surface area contributed by atoms with Crippen molar-refractivity contribution in [3.63, 3.8) is 0 Å².